The number of fused-ring (bicyclic) bond motifs is 1. The van der Waals surface area contributed by atoms with Crippen molar-refractivity contribution in [2.45, 2.75) is 31.2 Å². The van der Waals surface area contributed by atoms with Crippen LogP contribution in [0.15, 0.2) is 56.6 Å². The Bertz CT molecular complexity index is 1300. The molecular formula is C22H24FN3O5S. The van der Waals surface area contributed by atoms with Gasteiger partial charge in [0.25, 0.3) is 0 Å². The fourth-order valence-corrected chi connectivity index (χ4v) is 5.32. The molecule has 1 aliphatic heterocycles. The number of aromatic nitrogens is 1. The molecule has 10 heteroatoms. The standard InChI is InChI=1S/C22H24FN3O5S/c1-15(2)26-19-8-7-18(14-20(19)31-22(26)28)32(29,30)25-11-9-24(10-12-25)21(27)13-16-3-5-17(23)6-4-16/h3-8,14-15H,9-13H2,1-2H3. The molecule has 0 N–H and O–H groups in total. The largest absolute Gasteiger partial charge is 0.420 e. The number of amides is 1. The number of piperazine rings is 1. The normalized spacial score (nSPS) is 15.6. The first-order valence-electron chi connectivity index (χ1n) is 10.3. The van der Waals surface area contributed by atoms with Crippen molar-refractivity contribution < 1.29 is 22.0 Å². The number of benzene rings is 2. The average molecular weight is 462 g/mol. The Kier molecular flexibility index (Phi) is 5.91. The van der Waals surface area contributed by atoms with Crippen LogP contribution in [0.2, 0.25) is 0 Å². The molecular weight excluding hydrogens is 437 g/mol. The topological polar surface area (TPSA) is 92.8 Å². The number of halogens is 1. The summed E-state index contributed by atoms with van der Waals surface area (Å²) in [6.45, 7) is 4.54. The van der Waals surface area contributed by atoms with Gasteiger partial charge in [0, 0.05) is 38.3 Å². The van der Waals surface area contributed by atoms with Crippen LogP contribution >= 0.6 is 0 Å². The summed E-state index contributed by atoms with van der Waals surface area (Å²) >= 11 is 0. The molecule has 0 spiro atoms. The summed E-state index contributed by atoms with van der Waals surface area (Å²) in [5.41, 5.74) is 1.47. The third-order valence-electron chi connectivity index (χ3n) is 5.60. The third kappa shape index (κ3) is 4.20. The Morgan fingerprint density at radius 2 is 1.72 bits per heavy atom. The predicted molar refractivity (Wildman–Crippen MR) is 116 cm³/mol. The summed E-state index contributed by atoms with van der Waals surface area (Å²) in [5, 5.41) is 0. The van der Waals surface area contributed by atoms with Crippen molar-refractivity contribution in [2.75, 3.05) is 26.2 Å². The molecule has 1 fully saturated rings. The van der Waals surface area contributed by atoms with Crippen molar-refractivity contribution in [1.82, 2.24) is 13.8 Å². The lowest BCUT2D eigenvalue weighted by molar-refractivity contribution is -0.131. The highest BCUT2D eigenvalue weighted by atomic mass is 32.2. The molecule has 170 valence electrons. The highest BCUT2D eigenvalue weighted by molar-refractivity contribution is 7.89. The van der Waals surface area contributed by atoms with E-state index >= 15 is 0 Å². The minimum atomic E-state index is -3.81. The van der Waals surface area contributed by atoms with E-state index in [1.54, 1.807) is 23.1 Å². The molecule has 2 heterocycles. The summed E-state index contributed by atoms with van der Waals surface area (Å²) < 4.78 is 47.3. The van der Waals surface area contributed by atoms with Gasteiger partial charge in [-0.3, -0.25) is 9.36 Å². The van der Waals surface area contributed by atoms with Crippen LogP contribution in [0, 0.1) is 5.82 Å². The van der Waals surface area contributed by atoms with E-state index in [0.717, 1.165) is 0 Å². The van der Waals surface area contributed by atoms with Crippen molar-refractivity contribution in [2.24, 2.45) is 0 Å². The van der Waals surface area contributed by atoms with Crippen LogP contribution in [0.1, 0.15) is 25.5 Å². The second-order valence-corrected chi connectivity index (χ2v) is 9.99. The van der Waals surface area contributed by atoms with Gasteiger partial charge in [-0.2, -0.15) is 4.31 Å². The van der Waals surface area contributed by atoms with Gasteiger partial charge in [0.1, 0.15) is 5.82 Å². The first-order valence-corrected chi connectivity index (χ1v) is 11.8. The maximum Gasteiger partial charge on any atom is 0.420 e. The molecule has 32 heavy (non-hydrogen) atoms. The van der Waals surface area contributed by atoms with E-state index in [-0.39, 0.29) is 60.8 Å². The summed E-state index contributed by atoms with van der Waals surface area (Å²) in [4.78, 5) is 26.3. The molecule has 0 saturated carbocycles. The van der Waals surface area contributed by atoms with Gasteiger partial charge < -0.3 is 9.32 Å². The van der Waals surface area contributed by atoms with E-state index < -0.39 is 15.8 Å². The molecule has 8 nitrogen and oxygen atoms in total. The van der Waals surface area contributed by atoms with E-state index in [9.17, 15) is 22.4 Å². The zero-order chi connectivity index (χ0) is 23.0. The number of hydrogen-bond donors (Lipinski definition) is 0. The number of nitrogens with zero attached hydrogens (tertiary/aromatic N) is 3. The summed E-state index contributed by atoms with van der Waals surface area (Å²) in [7, 11) is -3.81. The second-order valence-electron chi connectivity index (χ2n) is 8.05. The fourth-order valence-electron chi connectivity index (χ4n) is 3.88. The van der Waals surface area contributed by atoms with Gasteiger partial charge in [0.2, 0.25) is 15.9 Å². The minimum Gasteiger partial charge on any atom is -0.408 e. The minimum absolute atomic E-state index is 0.0424. The molecule has 0 radical (unpaired) electrons. The van der Waals surface area contributed by atoms with Crippen molar-refractivity contribution in [3.8, 4) is 0 Å². The first-order chi connectivity index (χ1) is 15.2. The Labute approximate surface area is 184 Å². The van der Waals surface area contributed by atoms with Crippen LogP contribution in [0.4, 0.5) is 4.39 Å². The van der Waals surface area contributed by atoms with Gasteiger partial charge in [-0.1, -0.05) is 12.1 Å². The molecule has 1 aliphatic rings. The van der Waals surface area contributed by atoms with E-state index in [2.05, 4.69) is 0 Å². The van der Waals surface area contributed by atoms with Crippen LogP contribution in [0.3, 0.4) is 0 Å². The molecule has 0 unspecified atom stereocenters. The van der Waals surface area contributed by atoms with E-state index in [4.69, 9.17) is 4.42 Å². The van der Waals surface area contributed by atoms with E-state index in [1.165, 1.54) is 33.1 Å². The monoisotopic (exact) mass is 461 g/mol. The molecule has 3 aromatic rings. The van der Waals surface area contributed by atoms with Crippen LogP contribution in [-0.2, 0) is 21.2 Å². The van der Waals surface area contributed by atoms with Crippen molar-refractivity contribution in [1.29, 1.82) is 0 Å². The van der Waals surface area contributed by atoms with Gasteiger partial charge >= 0.3 is 5.76 Å². The molecule has 1 amide bonds. The average Bonchev–Trinajstić information content (AvgIpc) is 3.10. The SMILES string of the molecule is CC(C)n1c(=O)oc2cc(S(=O)(=O)N3CCN(C(=O)Cc4ccc(F)cc4)CC3)ccc21. The molecule has 0 atom stereocenters. The van der Waals surface area contributed by atoms with Gasteiger partial charge in [0.15, 0.2) is 5.58 Å². The fraction of sp³-hybridized carbons (Fsp3) is 0.364. The van der Waals surface area contributed by atoms with E-state index in [1.807, 2.05) is 13.8 Å². The summed E-state index contributed by atoms with van der Waals surface area (Å²) in [5.74, 6) is -1.03. The predicted octanol–water partition coefficient (Wildman–Crippen LogP) is 2.39. The quantitative estimate of drug-likeness (QED) is 0.582. The first kappa shape index (κ1) is 22.2. The second kappa shape index (κ2) is 8.51. The van der Waals surface area contributed by atoms with Crippen molar-refractivity contribution in [3.05, 3.63) is 64.4 Å². The third-order valence-corrected chi connectivity index (χ3v) is 7.49. The highest BCUT2D eigenvalue weighted by Crippen LogP contribution is 2.24. The zero-order valence-electron chi connectivity index (χ0n) is 17.8. The molecule has 0 aliphatic carbocycles. The van der Waals surface area contributed by atoms with Gasteiger partial charge in [-0.05, 0) is 43.7 Å². The van der Waals surface area contributed by atoms with Gasteiger partial charge in [-0.25, -0.2) is 17.6 Å². The summed E-state index contributed by atoms with van der Waals surface area (Å²) in [6.07, 6.45) is 0.134. The van der Waals surface area contributed by atoms with Gasteiger partial charge in [0.05, 0.1) is 16.8 Å². The number of carbonyl (C=O) groups excluding carboxylic acids is 1. The molecule has 1 saturated heterocycles. The molecule has 1 aromatic heterocycles. The van der Waals surface area contributed by atoms with Crippen molar-refractivity contribution in [3.63, 3.8) is 0 Å². The maximum absolute atomic E-state index is 13.1. The lowest BCUT2D eigenvalue weighted by Gasteiger charge is -2.34. The zero-order valence-corrected chi connectivity index (χ0v) is 18.6. The number of sulfonamides is 1. The van der Waals surface area contributed by atoms with Crippen molar-refractivity contribution >= 4 is 27.0 Å². The number of hydrogen-bond acceptors (Lipinski definition) is 5. The molecule has 4 rings (SSSR count). The van der Waals surface area contributed by atoms with Crippen LogP contribution < -0.4 is 5.76 Å². The Balaban J connectivity index is 1.46. The Morgan fingerprint density at radius 1 is 1.06 bits per heavy atom. The number of oxazole rings is 1. The lowest BCUT2D eigenvalue weighted by atomic mass is 10.1. The van der Waals surface area contributed by atoms with Crippen LogP contribution in [0.5, 0.6) is 0 Å². The van der Waals surface area contributed by atoms with E-state index in [0.29, 0.717) is 11.1 Å². The molecule has 2 aromatic carbocycles. The van der Waals surface area contributed by atoms with Gasteiger partial charge in [-0.15, -0.1) is 0 Å². The molecule has 0 bridgehead atoms. The smallest absolute Gasteiger partial charge is 0.408 e. The van der Waals surface area contributed by atoms with Crippen LogP contribution in [0.25, 0.3) is 11.1 Å². The van der Waals surface area contributed by atoms with Crippen LogP contribution in [-0.4, -0.2) is 54.3 Å². The lowest BCUT2D eigenvalue weighted by Crippen LogP contribution is -2.50. The highest BCUT2D eigenvalue weighted by Gasteiger charge is 2.30. The maximum atomic E-state index is 13.1. The Hall–Kier alpha value is -2.98. The number of carbonyl (C=O) groups is 1. The Morgan fingerprint density at radius 3 is 2.34 bits per heavy atom. The number of rotatable bonds is 5. The summed E-state index contributed by atoms with van der Waals surface area (Å²) in [6, 6.07) is 10.0.